The van der Waals surface area contributed by atoms with Gasteiger partial charge in [-0.1, -0.05) is 18.2 Å². The predicted octanol–water partition coefficient (Wildman–Crippen LogP) is 4.84. The van der Waals surface area contributed by atoms with E-state index in [2.05, 4.69) is 16.7 Å². The Morgan fingerprint density at radius 1 is 1.00 bits per heavy atom. The number of anilines is 1. The first-order valence-electron chi connectivity index (χ1n) is 10.3. The van der Waals surface area contributed by atoms with Gasteiger partial charge in [0.1, 0.15) is 5.75 Å². The normalized spacial score (nSPS) is 13.5. The second-order valence-corrected chi connectivity index (χ2v) is 7.01. The average molecular weight is 541 g/mol. The molecule has 0 aromatic heterocycles. The Balaban J connectivity index is 0.00000341. The summed E-state index contributed by atoms with van der Waals surface area (Å²) in [4.78, 5) is 4.75. The van der Waals surface area contributed by atoms with Crippen LogP contribution in [-0.2, 0) is 6.54 Å². The Kier molecular flexibility index (Phi) is 10.0. The summed E-state index contributed by atoms with van der Waals surface area (Å²) in [6.45, 7) is 3.26. The molecule has 31 heavy (non-hydrogen) atoms. The smallest absolute Gasteiger partial charge is 0.203 e. The lowest BCUT2D eigenvalue weighted by molar-refractivity contribution is 0.119. The van der Waals surface area contributed by atoms with E-state index < -0.39 is 0 Å². The number of para-hydroxylation sites is 1. The van der Waals surface area contributed by atoms with E-state index in [0.29, 0.717) is 35.9 Å². The first-order valence-corrected chi connectivity index (χ1v) is 10.3. The second kappa shape index (κ2) is 12.5. The number of aliphatic imine (C=N–C) groups is 1. The van der Waals surface area contributed by atoms with Crippen molar-refractivity contribution >= 4 is 35.6 Å². The van der Waals surface area contributed by atoms with Gasteiger partial charge in [-0.25, -0.2) is 4.99 Å². The molecule has 8 heteroatoms. The first kappa shape index (κ1) is 24.9. The highest BCUT2D eigenvalue weighted by molar-refractivity contribution is 14.0. The lowest BCUT2D eigenvalue weighted by atomic mass is 9.96. The van der Waals surface area contributed by atoms with Crippen LogP contribution in [0.25, 0.3) is 0 Å². The van der Waals surface area contributed by atoms with Gasteiger partial charge >= 0.3 is 0 Å². The molecular weight excluding hydrogens is 509 g/mol. The highest BCUT2D eigenvalue weighted by atomic mass is 127. The summed E-state index contributed by atoms with van der Waals surface area (Å²) in [6, 6.07) is 11.8. The number of guanidine groups is 1. The minimum atomic E-state index is 0. The van der Waals surface area contributed by atoms with Gasteiger partial charge in [0.05, 0.1) is 34.0 Å². The molecule has 0 bridgehead atoms. The molecule has 1 aliphatic rings. The van der Waals surface area contributed by atoms with Gasteiger partial charge in [-0.3, -0.25) is 0 Å². The largest absolute Gasteiger partial charge is 0.493 e. The molecule has 1 aliphatic carbocycles. The first-order chi connectivity index (χ1) is 14.7. The van der Waals surface area contributed by atoms with E-state index in [1.54, 1.807) is 21.3 Å². The third-order valence-electron chi connectivity index (χ3n) is 5.00. The number of ether oxygens (including phenoxy) is 4. The van der Waals surface area contributed by atoms with Crippen molar-refractivity contribution in [2.45, 2.75) is 38.8 Å². The van der Waals surface area contributed by atoms with E-state index in [-0.39, 0.29) is 24.0 Å². The van der Waals surface area contributed by atoms with Gasteiger partial charge in [0, 0.05) is 29.9 Å². The number of methoxy groups -OCH3 is 3. The van der Waals surface area contributed by atoms with Crippen LogP contribution in [0, 0.1) is 0 Å². The van der Waals surface area contributed by atoms with Crippen molar-refractivity contribution in [2.24, 2.45) is 4.99 Å². The summed E-state index contributed by atoms with van der Waals surface area (Å²) in [6.07, 6.45) is 3.83. The van der Waals surface area contributed by atoms with Gasteiger partial charge in [-0.2, -0.15) is 0 Å². The SMILES string of the molecule is CCNC(=NCc1ccccc1OC1CCC1)Nc1cc(OC)c(OC)c(OC)c1.I. The lowest BCUT2D eigenvalue weighted by Gasteiger charge is -2.27. The van der Waals surface area contributed by atoms with E-state index in [1.807, 2.05) is 37.3 Å². The van der Waals surface area contributed by atoms with Crippen LogP contribution in [0.1, 0.15) is 31.7 Å². The van der Waals surface area contributed by atoms with E-state index in [4.69, 9.17) is 23.9 Å². The summed E-state index contributed by atoms with van der Waals surface area (Å²) >= 11 is 0. The molecule has 2 aromatic rings. The van der Waals surface area contributed by atoms with Crippen LogP contribution >= 0.6 is 24.0 Å². The molecule has 0 unspecified atom stereocenters. The molecule has 2 N–H and O–H groups in total. The van der Waals surface area contributed by atoms with E-state index in [1.165, 1.54) is 6.42 Å². The quantitative estimate of drug-likeness (QED) is 0.269. The molecule has 7 nitrogen and oxygen atoms in total. The number of rotatable bonds is 9. The van der Waals surface area contributed by atoms with Gasteiger partial charge in [0.2, 0.25) is 5.75 Å². The van der Waals surface area contributed by atoms with Gasteiger partial charge in [-0.15, -0.1) is 24.0 Å². The molecule has 0 amide bonds. The van der Waals surface area contributed by atoms with Crippen LogP contribution in [-0.4, -0.2) is 39.9 Å². The number of benzene rings is 2. The van der Waals surface area contributed by atoms with E-state index in [9.17, 15) is 0 Å². The summed E-state index contributed by atoms with van der Waals surface area (Å²) in [7, 11) is 4.78. The fourth-order valence-electron chi connectivity index (χ4n) is 3.18. The Labute approximate surface area is 201 Å². The van der Waals surface area contributed by atoms with Gasteiger partial charge in [0.25, 0.3) is 0 Å². The van der Waals surface area contributed by atoms with E-state index >= 15 is 0 Å². The molecule has 3 rings (SSSR count). The van der Waals surface area contributed by atoms with Crippen LogP contribution in [0.5, 0.6) is 23.0 Å². The zero-order valence-electron chi connectivity index (χ0n) is 18.6. The van der Waals surface area contributed by atoms with Crippen molar-refractivity contribution in [1.82, 2.24) is 5.32 Å². The summed E-state index contributed by atoms with van der Waals surface area (Å²) in [5.74, 6) is 3.28. The minimum absolute atomic E-state index is 0. The number of hydrogen-bond acceptors (Lipinski definition) is 5. The topological polar surface area (TPSA) is 73.3 Å². The number of nitrogens with one attached hydrogen (secondary N) is 2. The third kappa shape index (κ3) is 6.56. The van der Waals surface area contributed by atoms with Gasteiger partial charge < -0.3 is 29.6 Å². The Morgan fingerprint density at radius 2 is 1.68 bits per heavy atom. The maximum atomic E-state index is 6.12. The fraction of sp³-hybridized carbons (Fsp3) is 0.435. The maximum absolute atomic E-state index is 6.12. The molecule has 170 valence electrons. The average Bonchev–Trinajstić information content (AvgIpc) is 2.74. The van der Waals surface area contributed by atoms with Crippen molar-refractivity contribution < 1.29 is 18.9 Å². The van der Waals surface area contributed by atoms with Crippen LogP contribution in [0.3, 0.4) is 0 Å². The highest BCUT2D eigenvalue weighted by Crippen LogP contribution is 2.39. The number of hydrogen-bond donors (Lipinski definition) is 2. The minimum Gasteiger partial charge on any atom is -0.493 e. The summed E-state index contributed by atoms with van der Waals surface area (Å²) in [5, 5.41) is 6.59. The third-order valence-corrected chi connectivity index (χ3v) is 5.00. The van der Waals surface area contributed by atoms with Crippen LogP contribution in [0.2, 0.25) is 0 Å². The second-order valence-electron chi connectivity index (χ2n) is 7.01. The molecule has 1 saturated carbocycles. The van der Waals surface area contributed by atoms with Gasteiger partial charge in [-0.05, 0) is 32.3 Å². The van der Waals surface area contributed by atoms with Crippen molar-refractivity contribution in [3.63, 3.8) is 0 Å². The molecule has 0 heterocycles. The molecule has 1 fully saturated rings. The predicted molar refractivity (Wildman–Crippen MR) is 135 cm³/mol. The molecule has 0 saturated heterocycles. The van der Waals surface area contributed by atoms with Crippen molar-refractivity contribution in [3.05, 3.63) is 42.0 Å². The summed E-state index contributed by atoms with van der Waals surface area (Å²) in [5.41, 5.74) is 1.84. The van der Waals surface area contributed by atoms with Crippen LogP contribution in [0.4, 0.5) is 5.69 Å². The van der Waals surface area contributed by atoms with E-state index in [0.717, 1.165) is 36.4 Å². The van der Waals surface area contributed by atoms with Crippen molar-refractivity contribution in [3.8, 4) is 23.0 Å². The fourth-order valence-corrected chi connectivity index (χ4v) is 3.18. The zero-order valence-corrected chi connectivity index (χ0v) is 20.9. The number of nitrogens with zero attached hydrogens (tertiary/aromatic N) is 1. The van der Waals surface area contributed by atoms with Gasteiger partial charge in [0.15, 0.2) is 17.5 Å². The number of halogens is 1. The van der Waals surface area contributed by atoms with Crippen LogP contribution in [0.15, 0.2) is 41.4 Å². The highest BCUT2D eigenvalue weighted by Gasteiger charge is 2.20. The zero-order chi connectivity index (χ0) is 21.3. The Hall–Kier alpha value is -2.36. The molecule has 0 spiro atoms. The maximum Gasteiger partial charge on any atom is 0.203 e. The molecular formula is C23H32IN3O4. The Morgan fingerprint density at radius 3 is 2.23 bits per heavy atom. The molecule has 0 radical (unpaired) electrons. The monoisotopic (exact) mass is 541 g/mol. The summed E-state index contributed by atoms with van der Waals surface area (Å²) < 4.78 is 22.4. The standard InChI is InChI=1S/C23H31N3O4.HI/c1-5-24-23(26-17-13-20(27-2)22(29-4)21(14-17)28-3)25-15-16-9-6-7-12-19(16)30-18-10-8-11-18;/h6-7,9,12-14,18H,5,8,10-11,15H2,1-4H3,(H2,24,25,26);1H. The van der Waals surface area contributed by atoms with Crippen LogP contribution < -0.4 is 29.6 Å². The lowest BCUT2D eigenvalue weighted by Crippen LogP contribution is -2.30. The molecule has 2 aromatic carbocycles. The van der Waals surface area contributed by atoms with Crippen molar-refractivity contribution in [2.75, 3.05) is 33.2 Å². The Bertz CT molecular complexity index is 847. The molecule has 0 atom stereocenters. The van der Waals surface area contributed by atoms with Crippen molar-refractivity contribution in [1.29, 1.82) is 0 Å². The molecule has 0 aliphatic heterocycles.